The van der Waals surface area contributed by atoms with E-state index in [0.717, 1.165) is 17.6 Å². The molecule has 0 aliphatic carbocycles. The summed E-state index contributed by atoms with van der Waals surface area (Å²) in [4.78, 5) is 14.7. The van der Waals surface area contributed by atoms with Gasteiger partial charge in [-0.1, -0.05) is 45.8 Å². The van der Waals surface area contributed by atoms with Crippen molar-refractivity contribution in [3.05, 3.63) is 64.1 Å². The second kappa shape index (κ2) is 9.19. The number of rotatable bonds is 7. The highest BCUT2D eigenvalue weighted by atomic mass is 79.9. The van der Waals surface area contributed by atoms with E-state index in [9.17, 15) is 4.79 Å². The summed E-state index contributed by atoms with van der Waals surface area (Å²) in [6.07, 6.45) is 2.45. The molecule has 1 aliphatic heterocycles. The minimum absolute atomic E-state index is 0.0300. The lowest BCUT2D eigenvalue weighted by Crippen LogP contribution is -2.38. The first kappa shape index (κ1) is 18.9. The van der Waals surface area contributed by atoms with Gasteiger partial charge in [0.2, 0.25) is 0 Å². The van der Waals surface area contributed by atoms with Crippen LogP contribution in [0.3, 0.4) is 0 Å². The van der Waals surface area contributed by atoms with Crippen molar-refractivity contribution >= 4 is 21.8 Å². The van der Waals surface area contributed by atoms with Gasteiger partial charge in [-0.3, -0.25) is 9.69 Å². The number of nitrogens with zero attached hydrogens (tertiary/aromatic N) is 1. The molecule has 1 unspecified atom stereocenters. The Morgan fingerprint density at radius 1 is 1.12 bits per heavy atom. The van der Waals surface area contributed by atoms with Crippen molar-refractivity contribution in [2.45, 2.75) is 25.8 Å². The molecule has 4 nitrogen and oxygen atoms in total. The fraction of sp³-hybridized carbons (Fsp3) is 0.381. The van der Waals surface area contributed by atoms with Crippen molar-refractivity contribution in [2.24, 2.45) is 0 Å². The van der Waals surface area contributed by atoms with Crippen LogP contribution in [0.5, 0.6) is 5.75 Å². The standard InChI is InChI=1S/C21H25BrN2O2/c1-16-4-6-17(7-5-16)20(24-12-2-3-13-24)14-23-21(25)15-26-19-10-8-18(22)9-11-19/h4-11,20H,2-3,12-15H2,1H3,(H,23,25). The van der Waals surface area contributed by atoms with E-state index in [1.54, 1.807) is 0 Å². The number of aryl methyl sites for hydroxylation is 1. The normalized spacial score (nSPS) is 15.6. The number of ether oxygens (including phenoxy) is 1. The van der Waals surface area contributed by atoms with Gasteiger partial charge in [0.05, 0.1) is 6.04 Å². The van der Waals surface area contributed by atoms with Gasteiger partial charge < -0.3 is 10.1 Å². The highest BCUT2D eigenvalue weighted by Gasteiger charge is 2.23. The van der Waals surface area contributed by atoms with E-state index >= 15 is 0 Å². The molecular formula is C21H25BrN2O2. The molecule has 0 spiro atoms. The van der Waals surface area contributed by atoms with Crippen LogP contribution in [-0.2, 0) is 4.79 Å². The molecule has 0 radical (unpaired) electrons. The van der Waals surface area contributed by atoms with Gasteiger partial charge in [0.1, 0.15) is 5.75 Å². The Kier molecular flexibility index (Phi) is 6.69. The number of carbonyl (C=O) groups excluding carboxylic acids is 1. The van der Waals surface area contributed by atoms with Crippen molar-refractivity contribution in [3.63, 3.8) is 0 Å². The third-order valence-electron chi connectivity index (χ3n) is 4.72. The summed E-state index contributed by atoms with van der Waals surface area (Å²) in [5, 5.41) is 3.04. The van der Waals surface area contributed by atoms with Gasteiger partial charge in [-0.2, -0.15) is 0 Å². The molecule has 2 aromatic rings. The quantitative estimate of drug-likeness (QED) is 0.738. The van der Waals surface area contributed by atoms with Crippen LogP contribution in [0.15, 0.2) is 53.0 Å². The maximum absolute atomic E-state index is 12.2. The molecule has 0 bridgehead atoms. The number of carbonyl (C=O) groups is 1. The average Bonchev–Trinajstić information content (AvgIpc) is 3.17. The highest BCUT2D eigenvalue weighted by Crippen LogP contribution is 2.25. The van der Waals surface area contributed by atoms with Crippen molar-refractivity contribution in [1.82, 2.24) is 10.2 Å². The predicted octanol–water partition coefficient (Wildman–Crippen LogP) is 4.09. The third kappa shape index (κ3) is 5.32. The second-order valence-corrected chi connectivity index (χ2v) is 7.63. The number of hydrogen-bond acceptors (Lipinski definition) is 3. The monoisotopic (exact) mass is 416 g/mol. The summed E-state index contributed by atoms with van der Waals surface area (Å²) < 4.78 is 6.54. The first-order valence-electron chi connectivity index (χ1n) is 9.07. The molecule has 0 saturated carbocycles. The van der Waals surface area contributed by atoms with Gasteiger partial charge in [0.15, 0.2) is 6.61 Å². The summed E-state index contributed by atoms with van der Waals surface area (Å²) in [7, 11) is 0. The van der Waals surface area contributed by atoms with E-state index < -0.39 is 0 Å². The smallest absolute Gasteiger partial charge is 0.258 e. The molecule has 2 aromatic carbocycles. The molecule has 1 amide bonds. The van der Waals surface area contributed by atoms with Crippen LogP contribution in [0, 0.1) is 6.92 Å². The van der Waals surface area contributed by atoms with Crippen LogP contribution in [0.4, 0.5) is 0 Å². The Labute approximate surface area is 163 Å². The molecule has 26 heavy (non-hydrogen) atoms. The number of hydrogen-bond donors (Lipinski definition) is 1. The molecule has 1 atom stereocenters. The molecule has 0 aromatic heterocycles. The molecule has 1 fully saturated rings. The number of likely N-dealkylation sites (tertiary alicyclic amines) is 1. The molecule has 1 heterocycles. The predicted molar refractivity (Wildman–Crippen MR) is 107 cm³/mol. The van der Waals surface area contributed by atoms with Gasteiger partial charge in [0.25, 0.3) is 5.91 Å². The van der Waals surface area contributed by atoms with Crippen LogP contribution in [-0.4, -0.2) is 37.0 Å². The van der Waals surface area contributed by atoms with Crippen molar-refractivity contribution in [2.75, 3.05) is 26.2 Å². The fourth-order valence-electron chi connectivity index (χ4n) is 3.24. The summed E-state index contributed by atoms with van der Waals surface area (Å²) in [6.45, 7) is 4.90. The lowest BCUT2D eigenvalue weighted by molar-refractivity contribution is -0.123. The first-order valence-corrected chi connectivity index (χ1v) is 9.87. The maximum atomic E-state index is 12.2. The number of halogens is 1. The molecule has 3 rings (SSSR count). The average molecular weight is 417 g/mol. The zero-order chi connectivity index (χ0) is 18.4. The Balaban J connectivity index is 1.55. The largest absolute Gasteiger partial charge is 0.484 e. The Bertz CT molecular complexity index is 710. The summed E-state index contributed by atoms with van der Waals surface area (Å²) in [6, 6.07) is 16.3. The van der Waals surface area contributed by atoms with Crippen LogP contribution < -0.4 is 10.1 Å². The molecule has 1 N–H and O–H groups in total. The van der Waals surface area contributed by atoms with Crippen molar-refractivity contribution in [1.29, 1.82) is 0 Å². The number of benzene rings is 2. The van der Waals surface area contributed by atoms with E-state index in [4.69, 9.17) is 4.74 Å². The highest BCUT2D eigenvalue weighted by molar-refractivity contribution is 9.10. The minimum Gasteiger partial charge on any atom is -0.484 e. The lowest BCUT2D eigenvalue weighted by atomic mass is 10.0. The van der Waals surface area contributed by atoms with E-state index in [1.807, 2.05) is 24.3 Å². The summed E-state index contributed by atoms with van der Waals surface area (Å²) in [5.74, 6) is 0.599. The Hall–Kier alpha value is -1.85. The van der Waals surface area contributed by atoms with Crippen LogP contribution in [0.25, 0.3) is 0 Å². The third-order valence-corrected chi connectivity index (χ3v) is 5.25. The van der Waals surface area contributed by atoms with Gasteiger partial charge in [0, 0.05) is 11.0 Å². The number of nitrogens with one attached hydrogen (secondary N) is 1. The van der Waals surface area contributed by atoms with Gasteiger partial charge in [-0.05, 0) is 62.7 Å². The second-order valence-electron chi connectivity index (χ2n) is 6.72. The Morgan fingerprint density at radius 2 is 1.77 bits per heavy atom. The van der Waals surface area contributed by atoms with Gasteiger partial charge in [-0.25, -0.2) is 0 Å². The lowest BCUT2D eigenvalue weighted by Gasteiger charge is -2.28. The molecule has 138 valence electrons. The SMILES string of the molecule is Cc1ccc(C(CNC(=O)COc2ccc(Br)cc2)N2CCCC2)cc1. The topological polar surface area (TPSA) is 41.6 Å². The molecule has 5 heteroatoms. The van der Waals surface area contributed by atoms with E-state index in [-0.39, 0.29) is 18.6 Å². The maximum Gasteiger partial charge on any atom is 0.258 e. The van der Waals surface area contributed by atoms with E-state index in [2.05, 4.69) is 57.3 Å². The number of amides is 1. The van der Waals surface area contributed by atoms with Gasteiger partial charge in [-0.15, -0.1) is 0 Å². The van der Waals surface area contributed by atoms with Crippen LogP contribution in [0.1, 0.15) is 30.0 Å². The molecular weight excluding hydrogens is 392 g/mol. The summed E-state index contributed by atoms with van der Waals surface area (Å²) in [5.41, 5.74) is 2.51. The van der Waals surface area contributed by atoms with E-state index in [0.29, 0.717) is 12.3 Å². The minimum atomic E-state index is -0.0933. The van der Waals surface area contributed by atoms with E-state index in [1.165, 1.54) is 24.0 Å². The zero-order valence-corrected chi connectivity index (χ0v) is 16.7. The zero-order valence-electron chi connectivity index (χ0n) is 15.1. The van der Waals surface area contributed by atoms with Crippen molar-refractivity contribution < 1.29 is 9.53 Å². The summed E-state index contributed by atoms with van der Waals surface area (Å²) >= 11 is 3.39. The molecule has 1 saturated heterocycles. The Morgan fingerprint density at radius 3 is 2.42 bits per heavy atom. The van der Waals surface area contributed by atoms with Crippen LogP contribution in [0.2, 0.25) is 0 Å². The fourth-order valence-corrected chi connectivity index (χ4v) is 3.51. The van der Waals surface area contributed by atoms with Crippen molar-refractivity contribution in [3.8, 4) is 5.75 Å². The first-order chi connectivity index (χ1) is 12.6. The van der Waals surface area contributed by atoms with Gasteiger partial charge >= 0.3 is 0 Å². The van der Waals surface area contributed by atoms with Crippen LogP contribution >= 0.6 is 15.9 Å². The molecule has 1 aliphatic rings.